The molecule has 3 N–H and O–H groups in total. The molecule has 2 atom stereocenters. The van der Waals surface area contributed by atoms with Gasteiger partial charge in [0.15, 0.2) is 0 Å². The van der Waals surface area contributed by atoms with Gasteiger partial charge in [-0.05, 0) is 12.5 Å². The summed E-state index contributed by atoms with van der Waals surface area (Å²) < 4.78 is 1.42. The van der Waals surface area contributed by atoms with Gasteiger partial charge in [-0.3, -0.25) is 9.59 Å². The number of amides is 1. The maximum atomic E-state index is 11.9. The molecule has 5 nitrogen and oxygen atoms in total. The van der Waals surface area contributed by atoms with Crippen LogP contribution in [0.5, 0.6) is 0 Å². The molecule has 0 fully saturated rings. The third-order valence-corrected chi connectivity index (χ3v) is 2.81. The van der Waals surface area contributed by atoms with E-state index < -0.39 is 0 Å². The highest BCUT2D eigenvalue weighted by Crippen LogP contribution is 2.18. The van der Waals surface area contributed by atoms with Crippen LogP contribution in [-0.2, 0) is 11.8 Å². The van der Waals surface area contributed by atoms with E-state index in [1.165, 1.54) is 10.6 Å². The van der Waals surface area contributed by atoms with Crippen LogP contribution in [0.15, 0.2) is 35.3 Å². The van der Waals surface area contributed by atoms with Crippen molar-refractivity contribution in [1.82, 2.24) is 4.57 Å². The molecule has 0 saturated carbocycles. The van der Waals surface area contributed by atoms with Crippen LogP contribution < -0.4 is 16.6 Å². The van der Waals surface area contributed by atoms with Crippen LogP contribution in [0.25, 0.3) is 0 Å². The van der Waals surface area contributed by atoms with Gasteiger partial charge in [0.05, 0.1) is 11.6 Å². The first kappa shape index (κ1) is 11.6. The predicted octanol–water partition coefficient (Wildman–Crippen LogP) is 0.227. The Morgan fingerprint density at radius 2 is 2.24 bits per heavy atom. The van der Waals surface area contributed by atoms with Crippen molar-refractivity contribution >= 4 is 11.6 Å². The van der Waals surface area contributed by atoms with E-state index in [0.717, 1.165) is 0 Å². The van der Waals surface area contributed by atoms with E-state index in [1.807, 2.05) is 12.2 Å². The van der Waals surface area contributed by atoms with Gasteiger partial charge in [0, 0.05) is 25.4 Å². The SMILES string of the molecule is Cn1cc(NC(=O)C2C=CC(N)C2)ccc1=O. The summed E-state index contributed by atoms with van der Waals surface area (Å²) in [5.74, 6) is -0.268. The third kappa shape index (κ3) is 2.62. The molecule has 0 aromatic carbocycles. The Labute approximate surface area is 98.9 Å². The van der Waals surface area contributed by atoms with Gasteiger partial charge >= 0.3 is 0 Å². The van der Waals surface area contributed by atoms with Crippen molar-refractivity contribution in [3.8, 4) is 0 Å². The normalized spacial score (nSPS) is 22.7. The van der Waals surface area contributed by atoms with Gasteiger partial charge < -0.3 is 15.6 Å². The van der Waals surface area contributed by atoms with Crippen molar-refractivity contribution in [3.63, 3.8) is 0 Å². The van der Waals surface area contributed by atoms with E-state index in [0.29, 0.717) is 12.1 Å². The first-order valence-electron chi connectivity index (χ1n) is 5.48. The number of carbonyl (C=O) groups is 1. The topological polar surface area (TPSA) is 77.1 Å². The fourth-order valence-electron chi connectivity index (χ4n) is 1.82. The third-order valence-electron chi connectivity index (χ3n) is 2.81. The Hall–Kier alpha value is -1.88. The van der Waals surface area contributed by atoms with Crippen LogP contribution in [0.3, 0.4) is 0 Å². The fourth-order valence-corrected chi connectivity index (χ4v) is 1.82. The lowest BCUT2D eigenvalue weighted by Gasteiger charge is -2.11. The second-order valence-electron chi connectivity index (χ2n) is 4.25. The molecule has 2 rings (SSSR count). The molecule has 2 unspecified atom stereocenters. The number of hydrogen-bond acceptors (Lipinski definition) is 3. The molecule has 0 aliphatic heterocycles. The molecule has 0 radical (unpaired) electrons. The molecule has 90 valence electrons. The van der Waals surface area contributed by atoms with Crippen LogP contribution in [0.1, 0.15) is 6.42 Å². The summed E-state index contributed by atoms with van der Waals surface area (Å²) in [5, 5.41) is 2.77. The first-order valence-corrected chi connectivity index (χ1v) is 5.48. The molecule has 0 spiro atoms. The number of nitrogens with two attached hydrogens (primary N) is 1. The molecule has 1 heterocycles. The number of aromatic nitrogens is 1. The number of hydrogen-bond donors (Lipinski definition) is 2. The summed E-state index contributed by atoms with van der Waals surface area (Å²) >= 11 is 0. The standard InChI is InChI=1S/C12H15N3O2/c1-15-7-10(4-5-11(15)16)14-12(17)8-2-3-9(13)6-8/h2-5,7-9H,6,13H2,1H3,(H,14,17). The highest BCUT2D eigenvalue weighted by molar-refractivity contribution is 5.93. The Bertz CT molecular complexity index is 519. The molecule has 1 aliphatic rings. The van der Waals surface area contributed by atoms with Gasteiger partial charge in [-0.25, -0.2) is 0 Å². The van der Waals surface area contributed by atoms with Crippen molar-refractivity contribution in [2.75, 3.05) is 5.32 Å². The van der Waals surface area contributed by atoms with Gasteiger partial charge in [0.2, 0.25) is 11.5 Å². The zero-order chi connectivity index (χ0) is 12.4. The van der Waals surface area contributed by atoms with Gasteiger partial charge in [-0.1, -0.05) is 12.2 Å². The predicted molar refractivity (Wildman–Crippen MR) is 65.5 cm³/mol. The molecule has 1 aliphatic carbocycles. The highest BCUT2D eigenvalue weighted by Gasteiger charge is 2.22. The van der Waals surface area contributed by atoms with Crippen molar-refractivity contribution in [3.05, 3.63) is 40.8 Å². The Morgan fingerprint density at radius 3 is 2.82 bits per heavy atom. The van der Waals surface area contributed by atoms with E-state index in [2.05, 4.69) is 5.32 Å². The number of anilines is 1. The average molecular weight is 233 g/mol. The average Bonchev–Trinajstić information content (AvgIpc) is 2.70. The minimum atomic E-state index is -0.178. The maximum absolute atomic E-state index is 11.9. The Kier molecular flexibility index (Phi) is 3.10. The maximum Gasteiger partial charge on any atom is 0.250 e. The number of rotatable bonds is 2. The van der Waals surface area contributed by atoms with Crippen LogP contribution in [-0.4, -0.2) is 16.5 Å². The molecule has 1 aromatic heterocycles. The van der Waals surface area contributed by atoms with E-state index in [9.17, 15) is 9.59 Å². The second-order valence-corrected chi connectivity index (χ2v) is 4.25. The van der Waals surface area contributed by atoms with Gasteiger partial charge in [0.25, 0.3) is 0 Å². The lowest BCUT2D eigenvalue weighted by atomic mass is 10.1. The quantitative estimate of drug-likeness (QED) is 0.718. The largest absolute Gasteiger partial charge is 0.324 e. The Morgan fingerprint density at radius 1 is 1.47 bits per heavy atom. The number of nitrogens with one attached hydrogen (secondary N) is 1. The van der Waals surface area contributed by atoms with E-state index in [1.54, 1.807) is 19.3 Å². The summed E-state index contributed by atoms with van der Waals surface area (Å²) in [5.41, 5.74) is 6.20. The molecule has 1 amide bonds. The van der Waals surface area contributed by atoms with Crippen LogP contribution >= 0.6 is 0 Å². The minimum absolute atomic E-state index is 0.0362. The van der Waals surface area contributed by atoms with Gasteiger partial charge in [0.1, 0.15) is 0 Å². The van der Waals surface area contributed by atoms with Crippen LogP contribution in [0.4, 0.5) is 5.69 Å². The summed E-state index contributed by atoms with van der Waals surface area (Å²) in [4.78, 5) is 23.0. The van der Waals surface area contributed by atoms with Gasteiger partial charge in [-0.2, -0.15) is 0 Å². The number of nitrogens with zero attached hydrogens (tertiary/aromatic N) is 1. The molecular weight excluding hydrogens is 218 g/mol. The fraction of sp³-hybridized carbons (Fsp3) is 0.333. The lowest BCUT2D eigenvalue weighted by Crippen LogP contribution is -2.25. The second kappa shape index (κ2) is 4.55. The van der Waals surface area contributed by atoms with Crippen molar-refractivity contribution < 1.29 is 4.79 Å². The van der Waals surface area contributed by atoms with Crippen LogP contribution in [0, 0.1) is 5.92 Å². The molecule has 1 aromatic rings. The molecule has 0 bridgehead atoms. The van der Waals surface area contributed by atoms with Crippen molar-refractivity contribution in [2.24, 2.45) is 18.7 Å². The summed E-state index contributed by atoms with van der Waals surface area (Å²) in [6.45, 7) is 0. The van der Waals surface area contributed by atoms with E-state index in [-0.39, 0.29) is 23.4 Å². The molecule has 17 heavy (non-hydrogen) atoms. The molecular formula is C12H15N3O2. The first-order chi connectivity index (χ1) is 8.06. The monoisotopic (exact) mass is 233 g/mol. The smallest absolute Gasteiger partial charge is 0.250 e. The summed E-state index contributed by atoms with van der Waals surface area (Å²) in [7, 11) is 1.64. The number of carbonyl (C=O) groups excluding carboxylic acids is 1. The highest BCUT2D eigenvalue weighted by atomic mass is 16.2. The summed E-state index contributed by atoms with van der Waals surface area (Å²) in [6, 6.07) is 2.98. The van der Waals surface area contributed by atoms with Crippen molar-refractivity contribution in [2.45, 2.75) is 12.5 Å². The summed E-state index contributed by atoms with van der Waals surface area (Å²) in [6.07, 6.45) is 5.89. The molecule has 0 saturated heterocycles. The van der Waals surface area contributed by atoms with Crippen LogP contribution in [0.2, 0.25) is 0 Å². The van der Waals surface area contributed by atoms with E-state index >= 15 is 0 Å². The van der Waals surface area contributed by atoms with E-state index in [4.69, 9.17) is 5.73 Å². The van der Waals surface area contributed by atoms with Gasteiger partial charge in [-0.15, -0.1) is 0 Å². The van der Waals surface area contributed by atoms with Crippen molar-refractivity contribution in [1.29, 1.82) is 0 Å². The zero-order valence-electron chi connectivity index (χ0n) is 9.59. The number of aryl methyl sites for hydroxylation is 1. The Balaban J connectivity index is 2.06. The minimum Gasteiger partial charge on any atom is -0.324 e. The zero-order valence-corrected chi connectivity index (χ0v) is 9.59. The lowest BCUT2D eigenvalue weighted by molar-refractivity contribution is -0.118. The number of pyridine rings is 1. The molecule has 5 heteroatoms.